The number of imidazole rings is 2. The van der Waals surface area contributed by atoms with Crippen molar-refractivity contribution in [1.82, 2.24) is 45.2 Å². The van der Waals surface area contributed by atoms with Gasteiger partial charge < -0.3 is 29.4 Å². The Morgan fingerprint density at radius 3 is 1.70 bits per heavy atom. The number of nitrogens with one attached hydrogen (secondary N) is 3. The molecule has 4 heterocycles. The highest BCUT2D eigenvalue weighted by Gasteiger charge is 2.37. The number of hydrazone groups is 1. The molecule has 0 spiro atoms. The van der Waals surface area contributed by atoms with Crippen LogP contribution in [0.5, 0.6) is 0 Å². The summed E-state index contributed by atoms with van der Waals surface area (Å²) in [6, 6.07) is 15.1. The van der Waals surface area contributed by atoms with Crippen LogP contribution in [0, 0.1) is 0 Å². The number of amides is 5. The van der Waals surface area contributed by atoms with Crippen LogP contribution in [0.25, 0.3) is 33.6 Å². The summed E-state index contributed by atoms with van der Waals surface area (Å²) >= 11 is 0. The van der Waals surface area contributed by atoms with E-state index < -0.39 is 6.09 Å². The number of aromatic amines is 2. The Labute approximate surface area is 314 Å². The van der Waals surface area contributed by atoms with Crippen molar-refractivity contribution in [3.8, 4) is 33.6 Å². The predicted octanol–water partition coefficient (Wildman–Crippen LogP) is 6.86. The molecule has 0 bridgehead atoms. The molecule has 2 saturated heterocycles. The molecule has 2 atom stereocenters. The number of hydrazine groups is 1. The fourth-order valence-electron chi connectivity index (χ4n) is 6.88. The minimum absolute atomic E-state index is 0.177. The number of carbonyl (C=O) groups excluding carboxylic acids is 3. The van der Waals surface area contributed by atoms with E-state index in [2.05, 4.69) is 71.7 Å². The van der Waals surface area contributed by atoms with E-state index in [-0.39, 0.29) is 36.2 Å². The number of urea groups is 2. The lowest BCUT2D eigenvalue weighted by molar-refractivity contribution is -0.188. The van der Waals surface area contributed by atoms with Crippen molar-refractivity contribution in [3.05, 3.63) is 72.6 Å². The fourth-order valence-corrected chi connectivity index (χ4v) is 6.88. The van der Waals surface area contributed by atoms with Crippen LogP contribution in [0.4, 0.5) is 14.4 Å². The zero-order chi connectivity index (χ0) is 38.4. The van der Waals surface area contributed by atoms with Gasteiger partial charge in [0.1, 0.15) is 11.6 Å². The van der Waals surface area contributed by atoms with Crippen molar-refractivity contribution >= 4 is 24.6 Å². The lowest BCUT2D eigenvalue weighted by Gasteiger charge is -2.33. The average Bonchev–Trinajstić information content (AvgIpc) is 4.02. The number of H-pyrrole nitrogens is 2. The van der Waals surface area contributed by atoms with E-state index in [0.717, 1.165) is 71.6 Å². The summed E-state index contributed by atoms with van der Waals surface area (Å²) < 4.78 is 4.71. The van der Waals surface area contributed by atoms with Crippen molar-refractivity contribution < 1.29 is 28.9 Å². The fraction of sp³-hybridized carbons (Fsp3) is 0.421. The number of rotatable bonds is 10. The highest BCUT2D eigenvalue weighted by molar-refractivity contribution is 5.79. The third-order valence-corrected chi connectivity index (χ3v) is 9.66. The summed E-state index contributed by atoms with van der Waals surface area (Å²) in [5.41, 5.74) is 8.32. The maximum Gasteiger partial charge on any atom is 0.425 e. The number of ether oxygens (including phenoxy) is 1. The molecule has 16 heteroatoms. The molecule has 0 unspecified atom stereocenters. The number of likely N-dealkylation sites (tertiary alicyclic amines) is 2. The van der Waals surface area contributed by atoms with Gasteiger partial charge in [0.25, 0.3) is 0 Å². The first-order chi connectivity index (χ1) is 26.1. The largest absolute Gasteiger partial charge is 0.452 e. The highest BCUT2D eigenvalue weighted by atomic mass is 17.2. The Hall–Kier alpha value is -5.90. The standard InChI is InChI=1S/C38H48N10O6/c1-24(2)47(41-23-54-53-6)37(50)45-19-7-9-32(45)34-39-21-30(42-34)28-15-11-26(12-16-28)27-13-17-29(18-14-27)31-22-40-35(43-31)33-10-8-20-46(33)38(51)48(25(3)4)44-36(49)52-5/h11-18,21-25,32-33H,7-10,19-20H2,1-6H3,(H,39,42)(H,40,43)(H,44,49)/t32-,33-/m0/s1. The Balaban J connectivity index is 1.10. The van der Waals surface area contributed by atoms with Gasteiger partial charge in [-0.2, -0.15) is 4.89 Å². The van der Waals surface area contributed by atoms with Gasteiger partial charge in [0, 0.05) is 19.1 Å². The van der Waals surface area contributed by atoms with Gasteiger partial charge in [-0.3, -0.25) is 0 Å². The summed E-state index contributed by atoms with van der Waals surface area (Å²) in [6.45, 7) is 8.59. The van der Waals surface area contributed by atoms with Gasteiger partial charge >= 0.3 is 18.2 Å². The van der Waals surface area contributed by atoms with Gasteiger partial charge in [0.05, 0.1) is 56.1 Å². The molecule has 3 N–H and O–H groups in total. The van der Waals surface area contributed by atoms with Crippen molar-refractivity contribution in [1.29, 1.82) is 0 Å². The van der Waals surface area contributed by atoms with Gasteiger partial charge in [-0.25, -0.2) is 39.8 Å². The van der Waals surface area contributed by atoms with E-state index in [1.54, 1.807) is 16.0 Å². The highest BCUT2D eigenvalue weighted by Crippen LogP contribution is 2.35. The molecule has 2 aliphatic heterocycles. The predicted molar refractivity (Wildman–Crippen MR) is 201 cm³/mol. The number of aromatic nitrogens is 4. The van der Waals surface area contributed by atoms with Crippen molar-refractivity contribution in [2.45, 2.75) is 77.5 Å². The maximum atomic E-state index is 13.4. The smallest absolute Gasteiger partial charge is 0.425 e. The van der Waals surface area contributed by atoms with Crippen LogP contribution in [0.15, 0.2) is 66.0 Å². The van der Waals surface area contributed by atoms with E-state index in [0.29, 0.717) is 18.9 Å². The molecule has 16 nitrogen and oxygen atoms in total. The molecule has 2 fully saturated rings. The molecule has 0 aliphatic carbocycles. The monoisotopic (exact) mass is 740 g/mol. The average molecular weight is 741 g/mol. The third-order valence-electron chi connectivity index (χ3n) is 9.66. The van der Waals surface area contributed by atoms with Crippen LogP contribution < -0.4 is 5.43 Å². The Bertz CT molecular complexity index is 1920. The molecular formula is C38H48N10O6. The number of carbonyl (C=O) groups is 3. The van der Waals surface area contributed by atoms with Crippen LogP contribution >= 0.6 is 0 Å². The SMILES string of the molecule is COOC=NN(C(=O)N1CCC[C@H]1c1ncc(-c2ccc(-c3ccc(-c4cnc([C@@H]5CCCN5C(=O)N(NC(=O)OC)C(C)C)[nH]4)cc3)cc2)[nH]1)C(C)C. The molecule has 6 rings (SSSR count). The van der Waals surface area contributed by atoms with Crippen molar-refractivity contribution in [2.75, 3.05) is 27.3 Å². The zero-order valence-electron chi connectivity index (χ0n) is 31.5. The summed E-state index contributed by atoms with van der Waals surface area (Å²) in [5.74, 6) is 1.44. The molecule has 4 aromatic rings. The lowest BCUT2D eigenvalue weighted by Crippen LogP contribution is -2.54. The van der Waals surface area contributed by atoms with E-state index in [9.17, 15) is 14.4 Å². The first-order valence-corrected chi connectivity index (χ1v) is 18.2. The summed E-state index contributed by atoms with van der Waals surface area (Å²) in [6.07, 6.45) is 7.25. The molecule has 5 amide bonds. The number of nitrogens with zero attached hydrogens (tertiary/aromatic N) is 7. The minimum Gasteiger partial charge on any atom is -0.452 e. The normalized spacial score (nSPS) is 17.1. The molecule has 2 aromatic carbocycles. The van der Waals surface area contributed by atoms with Crippen molar-refractivity contribution in [3.63, 3.8) is 0 Å². The van der Waals surface area contributed by atoms with Crippen molar-refractivity contribution in [2.24, 2.45) is 5.10 Å². The molecule has 2 aliphatic rings. The first-order valence-electron chi connectivity index (χ1n) is 18.2. The topological polar surface area (TPSA) is 174 Å². The molecule has 0 radical (unpaired) electrons. The number of hydrogen-bond acceptors (Lipinski definition) is 9. The van der Waals surface area contributed by atoms with Crippen LogP contribution in [-0.4, -0.2) is 104 Å². The van der Waals surface area contributed by atoms with E-state index >= 15 is 0 Å². The van der Waals surface area contributed by atoms with E-state index in [4.69, 9.17) is 9.62 Å². The number of benzene rings is 2. The second kappa shape index (κ2) is 16.8. The Morgan fingerprint density at radius 2 is 1.26 bits per heavy atom. The summed E-state index contributed by atoms with van der Waals surface area (Å²) in [5, 5.41) is 6.81. The first kappa shape index (κ1) is 37.8. The van der Waals surface area contributed by atoms with Crippen LogP contribution in [0.2, 0.25) is 0 Å². The Kier molecular flexibility index (Phi) is 11.8. The lowest BCUT2D eigenvalue weighted by atomic mass is 10.0. The summed E-state index contributed by atoms with van der Waals surface area (Å²) in [4.78, 5) is 67.8. The van der Waals surface area contributed by atoms with Crippen LogP contribution in [-0.2, 0) is 14.5 Å². The maximum absolute atomic E-state index is 13.4. The van der Waals surface area contributed by atoms with Crippen LogP contribution in [0.1, 0.15) is 77.1 Å². The zero-order valence-corrected chi connectivity index (χ0v) is 31.5. The quantitative estimate of drug-likeness (QED) is 0.0684. The second-order valence-corrected chi connectivity index (χ2v) is 13.8. The third kappa shape index (κ3) is 8.17. The molecule has 2 aromatic heterocycles. The molecule has 0 saturated carbocycles. The number of hydrogen-bond donors (Lipinski definition) is 3. The van der Waals surface area contributed by atoms with Crippen LogP contribution in [0.3, 0.4) is 0 Å². The number of methoxy groups -OCH3 is 1. The second-order valence-electron chi connectivity index (χ2n) is 13.8. The van der Waals surface area contributed by atoms with E-state index in [1.807, 2.05) is 46.0 Å². The summed E-state index contributed by atoms with van der Waals surface area (Å²) in [7, 11) is 2.64. The minimum atomic E-state index is -0.697. The van der Waals surface area contributed by atoms with Gasteiger partial charge in [0.15, 0.2) is 0 Å². The van der Waals surface area contributed by atoms with Gasteiger partial charge in [0.2, 0.25) is 6.40 Å². The van der Waals surface area contributed by atoms with Gasteiger partial charge in [-0.15, -0.1) is 5.10 Å². The molecule has 286 valence electrons. The van der Waals surface area contributed by atoms with Gasteiger partial charge in [-0.1, -0.05) is 48.5 Å². The Morgan fingerprint density at radius 1 is 0.778 bits per heavy atom. The van der Waals surface area contributed by atoms with E-state index in [1.165, 1.54) is 24.2 Å². The molecular weight excluding hydrogens is 692 g/mol. The van der Waals surface area contributed by atoms with Gasteiger partial charge in [-0.05, 0) is 75.6 Å². The molecule has 54 heavy (non-hydrogen) atoms.